The second kappa shape index (κ2) is 7.02. The van der Waals surface area contributed by atoms with E-state index in [-0.39, 0.29) is 11.2 Å². The normalized spacial score (nSPS) is 18.0. The fraction of sp³-hybridized carbons (Fsp3) is 0.714. The van der Waals surface area contributed by atoms with Crippen LogP contribution in [0.4, 0.5) is 5.69 Å². The third-order valence-electron chi connectivity index (χ3n) is 3.36. The molecular formula is C14H24N4O3. The van der Waals surface area contributed by atoms with Gasteiger partial charge in [0.1, 0.15) is 0 Å². The summed E-state index contributed by atoms with van der Waals surface area (Å²) in [5.74, 6) is 0. The molecule has 0 aliphatic carbocycles. The van der Waals surface area contributed by atoms with Crippen LogP contribution in [-0.4, -0.2) is 54.8 Å². The number of nitrogens with zero attached hydrogens (tertiary/aromatic N) is 3. The second-order valence-corrected chi connectivity index (χ2v) is 5.71. The summed E-state index contributed by atoms with van der Waals surface area (Å²) >= 11 is 0. The Hall–Kier alpha value is -1.44. The monoisotopic (exact) mass is 296 g/mol. The molecular weight excluding hydrogens is 272 g/mol. The van der Waals surface area contributed by atoms with Gasteiger partial charge in [0, 0.05) is 25.7 Å². The molecule has 0 unspecified atom stereocenters. The van der Waals surface area contributed by atoms with Gasteiger partial charge in [-0.15, -0.1) is 0 Å². The Morgan fingerprint density at radius 3 is 2.95 bits per heavy atom. The van der Waals surface area contributed by atoms with E-state index in [1.54, 1.807) is 12.3 Å². The van der Waals surface area contributed by atoms with Gasteiger partial charge in [0.25, 0.3) is 5.56 Å². The average Bonchev–Trinajstić information content (AvgIpc) is 2.44. The van der Waals surface area contributed by atoms with E-state index in [0.29, 0.717) is 32.9 Å². The van der Waals surface area contributed by atoms with Crippen LogP contribution in [0.25, 0.3) is 0 Å². The molecule has 0 radical (unpaired) electrons. The molecule has 0 atom stereocenters. The van der Waals surface area contributed by atoms with Gasteiger partial charge in [-0.25, -0.2) is 4.68 Å². The van der Waals surface area contributed by atoms with Crippen molar-refractivity contribution in [1.29, 1.82) is 0 Å². The smallest absolute Gasteiger partial charge is 0.268 e. The molecule has 0 bridgehead atoms. The molecule has 1 fully saturated rings. The highest BCUT2D eigenvalue weighted by Crippen LogP contribution is 2.21. The van der Waals surface area contributed by atoms with Crippen molar-refractivity contribution in [3.05, 3.63) is 22.6 Å². The lowest BCUT2D eigenvalue weighted by Crippen LogP contribution is -2.48. The maximum Gasteiger partial charge on any atom is 0.268 e. The summed E-state index contributed by atoms with van der Waals surface area (Å²) in [7, 11) is 0. The van der Waals surface area contributed by atoms with Gasteiger partial charge in [-0.3, -0.25) is 4.79 Å². The number of rotatable bonds is 6. The van der Waals surface area contributed by atoms with Gasteiger partial charge in [0.05, 0.1) is 43.9 Å². The van der Waals surface area contributed by atoms with Crippen molar-refractivity contribution in [2.24, 2.45) is 5.73 Å². The van der Waals surface area contributed by atoms with Gasteiger partial charge >= 0.3 is 0 Å². The lowest BCUT2D eigenvalue weighted by molar-refractivity contribution is -0.0277. The van der Waals surface area contributed by atoms with E-state index < -0.39 is 0 Å². The van der Waals surface area contributed by atoms with Crippen LogP contribution in [0.3, 0.4) is 0 Å². The minimum Gasteiger partial charge on any atom is -0.378 e. The molecule has 21 heavy (non-hydrogen) atoms. The first-order valence-corrected chi connectivity index (χ1v) is 7.26. The number of nitrogens with two attached hydrogens (primary N) is 1. The molecule has 1 aromatic rings. The summed E-state index contributed by atoms with van der Waals surface area (Å²) in [6.07, 6.45) is 1.73. The van der Waals surface area contributed by atoms with E-state index in [1.807, 2.05) is 13.8 Å². The Morgan fingerprint density at radius 2 is 2.29 bits per heavy atom. The Kier molecular flexibility index (Phi) is 5.33. The van der Waals surface area contributed by atoms with E-state index in [9.17, 15) is 4.79 Å². The lowest BCUT2D eigenvalue weighted by Gasteiger charge is -2.39. The molecule has 2 N–H and O–H groups in total. The molecule has 2 heterocycles. The minimum absolute atomic E-state index is 0.117. The topological polar surface area (TPSA) is 82.6 Å². The molecule has 0 spiro atoms. The van der Waals surface area contributed by atoms with E-state index in [1.165, 1.54) is 4.68 Å². The molecule has 0 saturated carbocycles. The van der Waals surface area contributed by atoms with Crippen molar-refractivity contribution in [2.75, 3.05) is 44.4 Å². The van der Waals surface area contributed by atoms with E-state index in [2.05, 4.69) is 10.00 Å². The Morgan fingerprint density at radius 1 is 1.48 bits per heavy atom. The third-order valence-corrected chi connectivity index (χ3v) is 3.36. The first-order chi connectivity index (χ1) is 10.0. The summed E-state index contributed by atoms with van der Waals surface area (Å²) < 4.78 is 12.3. The van der Waals surface area contributed by atoms with Crippen molar-refractivity contribution in [3.8, 4) is 0 Å². The van der Waals surface area contributed by atoms with Crippen molar-refractivity contribution in [3.63, 3.8) is 0 Å². The molecule has 118 valence electrons. The standard InChI is InChI=1S/C14H24N4O3/c1-14(2)11-17(4-8-21-14)12-9-13(19)18(16-10-12)5-7-20-6-3-15/h9-10H,3-8,11,15H2,1-2H3. The summed E-state index contributed by atoms with van der Waals surface area (Å²) in [6.45, 7) is 8.12. The quantitative estimate of drug-likeness (QED) is 0.734. The maximum atomic E-state index is 12.1. The predicted octanol–water partition coefficient (Wildman–Crippen LogP) is -0.166. The zero-order valence-electron chi connectivity index (χ0n) is 12.7. The number of morpholine rings is 1. The lowest BCUT2D eigenvalue weighted by atomic mass is 10.1. The van der Waals surface area contributed by atoms with Crippen LogP contribution < -0.4 is 16.2 Å². The number of ether oxygens (including phenoxy) is 2. The molecule has 1 aliphatic rings. The van der Waals surface area contributed by atoms with Gasteiger partial charge < -0.3 is 20.1 Å². The second-order valence-electron chi connectivity index (χ2n) is 5.71. The van der Waals surface area contributed by atoms with Gasteiger partial charge in [-0.05, 0) is 13.8 Å². The molecule has 1 saturated heterocycles. The van der Waals surface area contributed by atoms with Gasteiger partial charge in [-0.2, -0.15) is 5.10 Å². The Balaban J connectivity index is 2.00. The van der Waals surface area contributed by atoms with Crippen LogP contribution in [0.1, 0.15) is 13.8 Å². The SMILES string of the molecule is CC1(C)CN(c2cnn(CCOCCN)c(=O)c2)CCO1. The highest BCUT2D eigenvalue weighted by atomic mass is 16.5. The average molecular weight is 296 g/mol. The third kappa shape index (κ3) is 4.52. The number of hydrogen-bond donors (Lipinski definition) is 1. The van der Waals surface area contributed by atoms with Crippen molar-refractivity contribution in [2.45, 2.75) is 26.0 Å². The van der Waals surface area contributed by atoms with E-state index in [0.717, 1.165) is 18.8 Å². The molecule has 1 aliphatic heterocycles. The highest BCUT2D eigenvalue weighted by molar-refractivity contribution is 5.43. The maximum absolute atomic E-state index is 12.1. The summed E-state index contributed by atoms with van der Waals surface area (Å²) in [6, 6.07) is 1.62. The number of anilines is 1. The van der Waals surface area contributed by atoms with Crippen LogP contribution in [-0.2, 0) is 16.0 Å². The number of aromatic nitrogens is 2. The van der Waals surface area contributed by atoms with Crippen LogP contribution in [0.5, 0.6) is 0 Å². The summed E-state index contributed by atoms with van der Waals surface area (Å²) in [5.41, 5.74) is 5.86. The summed E-state index contributed by atoms with van der Waals surface area (Å²) in [5, 5.41) is 4.21. The van der Waals surface area contributed by atoms with Crippen LogP contribution in [0.15, 0.2) is 17.1 Å². The molecule has 1 aromatic heterocycles. The molecule has 7 nitrogen and oxygen atoms in total. The zero-order valence-corrected chi connectivity index (χ0v) is 12.7. The number of hydrogen-bond acceptors (Lipinski definition) is 6. The van der Waals surface area contributed by atoms with Crippen molar-refractivity contribution >= 4 is 5.69 Å². The van der Waals surface area contributed by atoms with E-state index in [4.69, 9.17) is 15.2 Å². The van der Waals surface area contributed by atoms with Crippen molar-refractivity contribution < 1.29 is 9.47 Å². The largest absolute Gasteiger partial charge is 0.378 e. The fourth-order valence-corrected chi connectivity index (χ4v) is 2.34. The molecule has 0 aromatic carbocycles. The molecule has 7 heteroatoms. The Labute approximate surface area is 124 Å². The van der Waals surface area contributed by atoms with Gasteiger partial charge in [-0.1, -0.05) is 0 Å². The molecule has 2 rings (SSSR count). The summed E-state index contributed by atoms with van der Waals surface area (Å²) in [4.78, 5) is 14.2. The molecule has 0 amide bonds. The van der Waals surface area contributed by atoms with Gasteiger partial charge in [0.2, 0.25) is 0 Å². The van der Waals surface area contributed by atoms with Crippen LogP contribution >= 0.6 is 0 Å². The van der Waals surface area contributed by atoms with Crippen LogP contribution in [0, 0.1) is 0 Å². The van der Waals surface area contributed by atoms with Crippen LogP contribution in [0.2, 0.25) is 0 Å². The first kappa shape index (κ1) is 15.9. The predicted molar refractivity (Wildman–Crippen MR) is 80.6 cm³/mol. The fourth-order valence-electron chi connectivity index (χ4n) is 2.34. The first-order valence-electron chi connectivity index (χ1n) is 7.26. The van der Waals surface area contributed by atoms with E-state index >= 15 is 0 Å². The van der Waals surface area contributed by atoms with Gasteiger partial charge in [0.15, 0.2) is 0 Å². The highest BCUT2D eigenvalue weighted by Gasteiger charge is 2.27. The zero-order chi connectivity index (χ0) is 15.3. The van der Waals surface area contributed by atoms with Crippen molar-refractivity contribution in [1.82, 2.24) is 9.78 Å². The minimum atomic E-state index is -0.205. The Bertz CT molecular complexity index is 515.